The van der Waals surface area contributed by atoms with Crippen molar-refractivity contribution in [2.45, 2.75) is 31.8 Å². The molecule has 1 N–H and O–H groups in total. The normalized spacial score (nSPS) is 25.6. The Hall–Kier alpha value is -0.610. The molecule has 4 heteroatoms. The molecule has 0 aromatic heterocycles. The van der Waals surface area contributed by atoms with E-state index in [0.29, 0.717) is 6.04 Å². The first-order valence-corrected chi connectivity index (χ1v) is 5.13. The number of aliphatic carboxylic acids is 1. The maximum Gasteiger partial charge on any atom is 0.304 e. The van der Waals surface area contributed by atoms with Gasteiger partial charge in [0.05, 0.1) is 6.42 Å². The zero-order valence-electron chi connectivity index (χ0n) is 9.23. The third-order valence-corrected chi connectivity index (χ3v) is 3.11. The summed E-state index contributed by atoms with van der Waals surface area (Å²) in [6.07, 6.45) is 1.38. The minimum absolute atomic E-state index is 0.129. The molecule has 0 aromatic rings. The number of rotatable bonds is 4. The average molecular weight is 200 g/mol. The summed E-state index contributed by atoms with van der Waals surface area (Å²) >= 11 is 0. The molecule has 2 unspecified atom stereocenters. The van der Waals surface area contributed by atoms with E-state index in [1.54, 1.807) is 0 Å². The molecule has 0 saturated carbocycles. The molecule has 0 aliphatic carbocycles. The van der Waals surface area contributed by atoms with Crippen molar-refractivity contribution in [3.05, 3.63) is 0 Å². The summed E-state index contributed by atoms with van der Waals surface area (Å²) in [6.45, 7) is 4.15. The van der Waals surface area contributed by atoms with Crippen molar-refractivity contribution < 1.29 is 9.90 Å². The highest BCUT2D eigenvalue weighted by atomic mass is 16.4. The van der Waals surface area contributed by atoms with Crippen LogP contribution in [0.4, 0.5) is 0 Å². The lowest BCUT2D eigenvalue weighted by Gasteiger charge is -2.29. The van der Waals surface area contributed by atoms with Gasteiger partial charge in [0.2, 0.25) is 0 Å². The molecule has 1 aliphatic rings. The van der Waals surface area contributed by atoms with Crippen LogP contribution in [0.1, 0.15) is 19.8 Å². The second-order valence-corrected chi connectivity index (χ2v) is 4.32. The van der Waals surface area contributed by atoms with Crippen LogP contribution in [0.15, 0.2) is 0 Å². The Kier molecular flexibility index (Phi) is 3.89. The van der Waals surface area contributed by atoms with Crippen LogP contribution in [-0.2, 0) is 4.79 Å². The Morgan fingerprint density at radius 2 is 2.36 bits per heavy atom. The van der Waals surface area contributed by atoms with E-state index in [-0.39, 0.29) is 12.5 Å². The molecule has 4 nitrogen and oxygen atoms in total. The van der Waals surface area contributed by atoms with Crippen LogP contribution in [0.2, 0.25) is 0 Å². The van der Waals surface area contributed by atoms with E-state index in [1.807, 2.05) is 14.0 Å². The van der Waals surface area contributed by atoms with Gasteiger partial charge in [0.1, 0.15) is 0 Å². The van der Waals surface area contributed by atoms with Gasteiger partial charge in [0, 0.05) is 18.6 Å². The highest BCUT2D eigenvalue weighted by Gasteiger charge is 2.26. The lowest BCUT2D eigenvalue weighted by Crippen LogP contribution is -2.41. The molecule has 1 saturated heterocycles. The average Bonchev–Trinajstić information content (AvgIpc) is 2.49. The first-order chi connectivity index (χ1) is 6.50. The first-order valence-electron chi connectivity index (χ1n) is 5.13. The number of hydrogen-bond acceptors (Lipinski definition) is 3. The van der Waals surface area contributed by atoms with Gasteiger partial charge >= 0.3 is 5.97 Å². The predicted molar refractivity (Wildman–Crippen MR) is 55.4 cm³/mol. The first kappa shape index (κ1) is 11.5. The quantitative estimate of drug-likeness (QED) is 0.717. The van der Waals surface area contributed by atoms with Crippen LogP contribution in [0, 0.1) is 0 Å². The summed E-state index contributed by atoms with van der Waals surface area (Å²) < 4.78 is 0. The van der Waals surface area contributed by atoms with Crippen molar-refractivity contribution in [3.63, 3.8) is 0 Å². The van der Waals surface area contributed by atoms with Crippen LogP contribution in [0.5, 0.6) is 0 Å². The van der Waals surface area contributed by atoms with Gasteiger partial charge in [-0.05, 0) is 34.0 Å². The second-order valence-electron chi connectivity index (χ2n) is 4.32. The van der Waals surface area contributed by atoms with Crippen molar-refractivity contribution in [1.29, 1.82) is 0 Å². The monoisotopic (exact) mass is 200 g/mol. The summed E-state index contributed by atoms with van der Waals surface area (Å²) in [4.78, 5) is 15.0. The number of nitrogens with zero attached hydrogens (tertiary/aromatic N) is 2. The highest BCUT2D eigenvalue weighted by molar-refractivity contribution is 5.67. The summed E-state index contributed by atoms with van der Waals surface area (Å²) in [7, 11) is 4.13. The molecule has 82 valence electrons. The maximum atomic E-state index is 10.6. The van der Waals surface area contributed by atoms with Gasteiger partial charge in [-0.2, -0.15) is 0 Å². The van der Waals surface area contributed by atoms with Gasteiger partial charge in [-0.25, -0.2) is 0 Å². The minimum Gasteiger partial charge on any atom is -0.481 e. The van der Waals surface area contributed by atoms with Gasteiger partial charge < -0.3 is 10.0 Å². The van der Waals surface area contributed by atoms with Crippen LogP contribution >= 0.6 is 0 Å². The van der Waals surface area contributed by atoms with Crippen molar-refractivity contribution in [2.24, 2.45) is 0 Å². The number of carbonyl (C=O) groups is 1. The SMILES string of the molecule is CC(CC(=O)O)N(C)C1CCN(C)C1. The zero-order valence-corrected chi connectivity index (χ0v) is 9.23. The van der Waals surface area contributed by atoms with Crippen molar-refractivity contribution in [2.75, 3.05) is 27.2 Å². The minimum atomic E-state index is -0.712. The highest BCUT2D eigenvalue weighted by Crippen LogP contribution is 2.16. The largest absolute Gasteiger partial charge is 0.481 e. The number of carboxylic acids is 1. The van der Waals surface area contributed by atoms with Crippen molar-refractivity contribution in [3.8, 4) is 0 Å². The molecular formula is C10H20N2O2. The number of hydrogen-bond donors (Lipinski definition) is 1. The Morgan fingerprint density at radius 3 is 2.79 bits per heavy atom. The Labute approximate surface area is 85.5 Å². The van der Waals surface area contributed by atoms with E-state index in [2.05, 4.69) is 16.8 Å². The van der Waals surface area contributed by atoms with Crippen molar-refractivity contribution in [1.82, 2.24) is 9.80 Å². The van der Waals surface area contributed by atoms with Gasteiger partial charge in [0.25, 0.3) is 0 Å². The lowest BCUT2D eigenvalue weighted by molar-refractivity contribution is -0.138. The van der Waals surface area contributed by atoms with E-state index >= 15 is 0 Å². The van der Waals surface area contributed by atoms with E-state index in [9.17, 15) is 4.79 Å². The topological polar surface area (TPSA) is 43.8 Å². The van der Waals surface area contributed by atoms with E-state index in [1.165, 1.54) is 0 Å². The molecule has 1 fully saturated rings. The molecule has 0 radical (unpaired) electrons. The number of carboxylic acid groups (broad SMARTS) is 1. The fraction of sp³-hybridized carbons (Fsp3) is 0.900. The maximum absolute atomic E-state index is 10.6. The van der Waals surface area contributed by atoms with Gasteiger partial charge in [-0.3, -0.25) is 9.69 Å². The molecular weight excluding hydrogens is 180 g/mol. The molecule has 1 rings (SSSR count). The molecule has 1 aliphatic heterocycles. The summed E-state index contributed by atoms with van der Waals surface area (Å²) in [5.41, 5.74) is 0. The smallest absolute Gasteiger partial charge is 0.304 e. The third-order valence-electron chi connectivity index (χ3n) is 3.11. The molecule has 1 heterocycles. The van der Waals surface area contributed by atoms with Crippen molar-refractivity contribution >= 4 is 5.97 Å². The number of likely N-dealkylation sites (tertiary alicyclic amines) is 1. The van der Waals surface area contributed by atoms with Crippen LogP contribution < -0.4 is 0 Å². The summed E-state index contributed by atoms with van der Waals surface area (Å²) in [5, 5.41) is 8.69. The van der Waals surface area contributed by atoms with Gasteiger partial charge in [-0.15, -0.1) is 0 Å². The Morgan fingerprint density at radius 1 is 1.71 bits per heavy atom. The molecule has 2 atom stereocenters. The molecule has 0 amide bonds. The third kappa shape index (κ3) is 2.96. The van der Waals surface area contributed by atoms with Crippen LogP contribution in [-0.4, -0.2) is 60.1 Å². The Bertz CT molecular complexity index is 208. The molecule has 14 heavy (non-hydrogen) atoms. The van der Waals surface area contributed by atoms with Gasteiger partial charge in [0.15, 0.2) is 0 Å². The predicted octanol–water partition coefficient (Wildman–Crippen LogP) is 0.486. The van der Waals surface area contributed by atoms with Gasteiger partial charge in [-0.1, -0.05) is 0 Å². The zero-order chi connectivity index (χ0) is 10.7. The van der Waals surface area contributed by atoms with E-state index in [0.717, 1.165) is 19.5 Å². The molecule has 0 aromatic carbocycles. The molecule has 0 spiro atoms. The fourth-order valence-corrected chi connectivity index (χ4v) is 2.00. The van der Waals surface area contributed by atoms with Crippen LogP contribution in [0.25, 0.3) is 0 Å². The fourth-order valence-electron chi connectivity index (χ4n) is 2.00. The number of likely N-dealkylation sites (N-methyl/N-ethyl adjacent to an activating group) is 2. The summed E-state index contributed by atoms with van der Waals surface area (Å²) in [6, 6.07) is 0.651. The van der Waals surface area contributed by atoms with Crippen LogP contribution in [0.3, 0.4) is 0 Å². The summed E-state index contributed by atoms with van der Waals surface area (Å²) in [5.74, 6) is -0.712. The van der Waals surface area contributed by atoms with E-state index < -0.39 is 5.97 Å². The lowest BCUT2D eigenvalue weighted by atomic mass is 10.1. The molecule has 0 bridgehead atoms. The Balaban J connectivity index is 2.39. The van der Waals surface area contributed by atoms with E-state index in [4.69, 9.17) is 5.11 Å². The standard InChI is InChI=1S/C10H20N2O2/c1-8(6-10(13)14)12(3)9-4-5-11(2)7-9/h8-9H,4-7H2,1-3H3,(H,13,14). The second kappa shape index (κ2) is 4.75.